The second-order valence-corrected chi connectivity index (χ2v) is 4.74. The molecular weight excluding hydrogens is 228 g/mol. The van der Waals surface area contributed by atoms with Crippen LogP contribution in [0.4, 0.5) is 0 Å². The maximum absolute atomic E-state index is 10.1. The summed E-state index contributed by atoms with van der Waals surface area (Å²) in [5, 5.41) is 10.1. The SMILES string of the molecule is CCOc1ccccc1C(O)COCCC(C)C. The van der Waals surface area contributed by atoms with Gasteiger partial charge in [-0.3, -0.25) is 0 Å². The van der Waals surface area contributed by atoms with Crippen molar-refractivity contribution in [3.8, 4) is 5.75 Å². The number of benzene rings is 1. The van der Waals surface area contributed by atoms with Gasteiger partial charge in [0.1, 0.15) is 11.9 Å². The van der Waals surface area contributed by atoms with Crippen molar-refractivity contribution >= 4 is 0 Å². The van der Waals surface area contributed by atoms with Crippen LogP contribution in [0.3, 0.4) is 0 Å². The van der Waals surface area contributed by atoms with Gasteiger partial charge in [0.15, 0.2) is 0 Å². The Balaban J connectivity index is 2.47. The van der Waals surface area contributed by atoms with Crippen LogP contribution in [0, 0.1) is 5.92 Å². The fourth-order valence-electron chi connectivity index (χ4n) is 1.65. The highest BCUT2D eigenvalue weighted by Gasteiger charge is 2.13. The van der Waals surface area contributed by atoms with Crippen LogP contribution in [-0.4, -0.2) is 24.9 Å². The largest absolute Gasteiger partial charge is 0.493 e. The summed E-state index contributed by atoms with van der Waals surface area (Å²) in [5.74, 6) is 1.36. The number of ether oxygens (including phenoxy) is 2. The number of hydrogen-bond acceptors (Lipinski definition) is 3. The van der Waals surface area contributed by atoms with Crippen LogP contribution in [0.25, 0.3) is 0 Å². The molecule has 1 aromatic rings. The third-order valence-electron chi connectivity index (χ3n) is 2.69. The molecule has 102 valence electrons. The molecule has 1 atom stereocenters. The zero-order valence-corrected chi connectivity index (χ0v) is 11.6. The van der Waals surface area contributed by atoms with Gasteiger partial charge in [0.25, 0.3) is 0 Å². The zero-order valence-electron chi connectivity index (χ0n) is 11.6. The van der Waals surface area contributed by atoms with Gasteiger partial charge in [-0.25, -0.2) is 0 Å². The predicted molar refractivity (Wildman–Crippen MR) is 72.8 cm³/mol. The minimum atomic E-state index is -0.625. The maximum atomic E-state index is 10.1. The van der Waals surface area contributed by atoms with Crippen LogP contribution in [-0.2, 0) is 4.74 Å². The lowest BCUT2D eigenvalue weighted by Crippen LogP contribution is -2.10. The van der Waals surface area contributed by atoms with Crippen LogP contribution < -0.4 is 4.74 Å². The molecule has 0 spiro atoms. The molecule has 1 unspecified atom stereocenters. The summed E-state index contributed by atoms with van der Waals surface area (Å²) in [6.45, 7) is 7.84. The third kappa shape index (κ3) is 5.07. The molecule has 0 aromatic heterocycles. The lowest BCUT2D eigenvalue weighted by atomic mass is 10.1. The van der Waals surface area contributed by atoms with E-state index in [2.05, 4.69) is 13.8 Å². The van der Waals surface area contributed by atoms with Crippen LogP contribution in [0.5, 0.6) is 5.75 Å². The molecule has 0 fully saturated rings. The van der Waals surface area contributed by atoms with E-state index in [0.717, 1.165) is 17.7 Å². The van der Waals surface area contributed by atoms with Crippen molar-refractivity contribution in [2.45, 2.75) is 33.3 Å². The molecule has 0 heterocycles. The molecule has 1 N–H and O–H groups in total. The van der Waals surface area contributed by atoms with E-state index in [4.69, 9.17) is 9.47 Å². The van der Waals surface area contributed by atoms with Gasteiger partial charge >= 0.3 is 0 Å². The van der Waals surface area contributed by atoms with E-state index in [1.54, 1.807) is 0 Å². The standard InChI is InChI=1S/C15H24O3/c1-4-18-15-8-6-5-7-13(15)14(16)11-17-10-9-12(2)3/h5-8,12,14,16H,4,9-11H2,1-3H3. The van der Waals surface area contributed by atoms with E-state index in [9.17, 15) is 5.11 Å². The van der Waals surface area contributed by atoms with Crippen molar-refractivity contribution in [3.63, 3.8) is 0 Å². The van der Waals surface area contributed by atoms with Crippen molar-refractivity contribution in [3.05, 3.63) is 29.8 Å². The van der Waals surface area contributed by atoms with Crippen LogP contribution in [0.15, 0.2) is 24.3 Å². The number of hydrogen-bond donors (Lipinski definition) is 1. The van der Waals surface area contributed by atoms with Gasteiger partial charge in [-0.1, -0.05) is 32.0 Å². The molecule has 0 saturated carbocycles. The average molecular weight is 252 g/mol. The third-order valence-corrected chi connectivity index (χ3v) is 2.69. The van der Waals surface area contributed by atoms with E-state index < -0.39 is 6.10 Å². The Hall–Kier alpha value is -1.06. The minimum absolute atomic E-state index is 0.316. The first kappa shape index (κ1) is 15.0. The first-order valence-electron chi connectivity index (χ1n) is 6.62. The fraction of sp³-hybridized carbons (Fsp3) is 0.600. The molecule has 3 heteroatoms. The summed E-state index contributed by atoms with van der Waals surface area (Å²) < 4.78 is 11.0. The Labute approximate surface area is 110 Å². The number of aliphatic hydroxyl groups excluding tert-OH is 1. The van der Waals surface area contributed by atoms with Crippen LogP contribution in [0.2, 0.25) is 0 Å². The van der Waals surface area contributed by atoms with Crippen LogP contribution in [0.1, 0.15) is 38.9 Å². The highest BCUT2D eigenvalue weighted by molar-refractivity contribution is 5.35. The fourth-order valence-corrected chi connectivity index (χ4v) is 1.65. The molecule has 1 aromatic carbocycles. The second kappa shape index (κ2) is 8.11. The monoisotopic (exact) mass is 252 g/mol. The van der Waals surface area contributed by atoms with Crippen LogP contribution >= 0.6 is 0 Å². The minimum Gasteiger partial charge on any atom is -0.493 e. The molecule has 1 rings (SSSR count). The van der Waals surface area contributed by atoms with E-state index >= 15 is 0 Å². The molecule has 0 bridgehead atoms. The Morgan fingerprint density at radius 3 is 2.61 bits per heavy atom. The lowest BCUT2D eigenvalue weighted by Gasteiger charge is -2.16. The zero-order chi connectivity index (χ0) is 13.4. The summed E-state index contributed by atoms with van der Waals surface area (Å²) >= 11 is 0. The van der Waals surface area contributed by atoms with Crippen molar-refractivity contribution < 1.29 is 14.6 Å². The summed E-state index contributed by atoms with van der Waals surface area (Å²) in [5.41, 5.74) is 0.795. The Kier molecular flexibility index (Phi) is 6.76. The molecule has 18 heavy (non-hydrogen) atoms. The molecule has 0 saturated heterocycles. The van der Waals surface area contributed by atoms with Crippen molar-refractivity contribution in [1.29, 1.82) is 0 Å². The lowest BCUT2D eigenvalue weighted by molar-refractivity contribution is 0.0305. The Bertz CT molecular complexity index is 336. The number of para-hydroxylation sites is 1. The number of aliphatic hydroxyl groups is 1. The first-order valence-corrected chi connectivity index (χ1v) is 6.62. The number of rotatable bonds is 8. The van der Waals surface area contributed by atoms with Crippen molar-refractivity contribution in [2.75, 3.05) is 19.8 Å². The van der Waals surface area contributed by atoms with E-state index in [-0.39, 0.29) is 0 Å². The van der Waals surface area contributed by atoms with Gasteiger partial charge in [-0.2, -0.15) is 0 Å². The topological polar surface area (TPSA) is 38.7 Å². The summed E-state index contributed by atoms with van der Waals surface area (Å²) in [6, 6.07) is 7.55. The summed E-state index contributed by atoms with van der Waals surface area (Å²) in [4.78, 5) is 0. The molecule has 0 aliphatic heterocycles. The molecular formula is C15H24O3. The molecule has 0 radical (unpaired) electrons. The summed E-state index contributed by atoms with van der Waals surface area (Å²) in [7, 11) is 0. The normalized spacial score (nSPS) is 12.7. The highest BCUT2D eigenvalue weighted by Crippen LogP contribution is 2.25. The Morgan fingerprint density at radius 1 is 1.22 bits per heavy atom. The van der Waals surface area contributed by atoms with Gasteiger partial charge < -0.3 is 14.6 Å². The Morgan fingerprint density at radius 2 is 1.94 bits per heavy atom. The molecule has 0 amide bonds. The van der Waals surface area contributed by atoms with E-state index in [1.807, 2.05) is 31.2 Å². The van der Waals surface area contributed by atoms with Gasteiger partial charge in [-0.05, 0) is 25.3 Å². The molecule has 0 aliphatic carbocycles. The average Bonchev–Trinajstić information content (AvgIpc) is 2.35. The quantitative estimate of drug-likeness (QED) is 0.722. The van der Waals surface area contributed by atoms with Crippen molar-refractivity contribution in [2.24, 2.45) is 5.92 Å². The smallest absolute Gasteiger partial charge is 0.125 e. The van der Waals surface area contributed by atoms with Crippen molar-refractivity contribution in [1.82, 2.24) is 0 Å². The predicted octanol–water partition coefficient (Wildman–Crippen LogP) is 3.18. The van der Waals surface area contributed by atoms with E-state index in [0.29, 0.717) is 25.7 Å². The van der Waals surface area contributed by atoms with Gasteiger partial charge in [0, 0.05) is 12.2 Å². The summed E-state index contributed by atoms with van der Waals surface area (Å²) in [6.07, 6.45) is 0.389. The molecule has 0 aliphatic rings. The maximum Gasteiger partial charge on any atom is 0.125 e. The molecule has 3 nitrogen and oxygen atoms in total. The van der Waals surface area contributed by atoms with Gasteiger partial charge in [-0.15, -0.1) is 0 Å². The van der Waals surface area contributed by atoms with Gasteiger partial charge in [0.05, 0.1) is 13.2 Å². The second-order valence-electron chi connectivity index (χ2n) is 4.74. The van der Waals surface area contributed by atoms with E-state index in [1.165, 1.54) is 0 Å². The van der Waals surface area contributed by atoms with Gasteiger partial charge in [0.2, 0.25) is 0 Å². The first-order chi connectivity index (χ1) is 8.65. The highest BCUT2D eigenvalue weighted by atomic mass is 16.5.